The molecule has 3 rings (SSSR count). The summed E-state index contributed by atoms with van der Waals surface area (Å²) >= 11 is 0. The van der Waals surface area contributed by atoms with Crippen LogP contribution < -0.4 is 10.5 Å². The largest absolute Gasteiger partial charge is 0.439 e. The van der Waals surface area contributed by atoms with Crippen LogP contribution >= 0.6 is 0 Å². The highest BCUT2D eigenvalue weighted by Crippen LogP contribution is 2.24. The zero-order chi connectivity index (χ0) is 15.4. The maximum atomic E-state index is 8.66. The first-order valence-electron chi connectivity index (χ1n) is 6.50. The van der Waals surface area contributed by atoms with Gasteiger partial charge in [0.25, 0.3) is 0 Å². The third-order valence-corrected chi connectivity index (χ3v) is 2.88. The monoisotopic (exact) mass is 292 g/mol. The van der Waals surface area contributed by atoms with Crippen molar-refractivity contribution >= 4 is 5.69 Å². The Balaban J connectivity index is 1.84. The van der Waals surface area contributed by atoms with E-state index in [9.17, 15) is 0 Å². The van der Waals surface area contributed by atoms with Gasteiger partial charge in [0.15, 0.2) is 0 Å². The molecule has 0 atom stereocenters. The molecule has 0 saturated heterocycles. The van der Waals surface area contributed by atoms with E-state index < -0.39 is 0 Å². The molecule has 108 valence electrons. The van der Waals surface area contributed by atoms with Crippen LogP contribution in [-0.4, -0.2) is 19.7 Å². The van der Waals surface area contributed by atoms with Crippen LogP contribution in [0.25, 0.3) is 11.3 Å². The van der Waals surface area contributed by atoms with Crippen molar-refractivity contribution in [1.82, 2.24) is 19.7 Å². The van der Waals surface area contributed by atoms with Crippen LogP contribution in [0.3, 0.4) is 0 Å². The lowest BCUT2D eigenvalue weighted by Gasteiger charge is -2.05. The van der Waals surface area contributed by atoms with Crippen molar-refractivity contribution in [2.45, 2.75) is 6.54 Å². The van der Waals surface area contributed by atoms with Gasteiger partial charge in [-0.05, 0) is 12.1 Å². The van der Waals surface area contributed by atoms with Gasteiger partial charge in [0.1, 0.15) is 18.6 Å². The Bertz CT molecular complexity index is 836. The third kappa shape index (κ3) is 3.02. The first-order chi connectivity index (χ1) is 10.7. The van der Waals surface area contributed by atoms with E-state index in [-0.39, 0.29) is 6.54 Å². The van der Waals surface area contributed by atoms with Gasteiger partial charge in [0.05, 0.1) is 18.0 Å². The Labute approximate surface area is 126 Å². The van der Waals surface area contributed by atoms with E-state index in [1.165, 1.54) is 11.0 Å². The molecule has 2 aromatic heterocycles. The Morgan fingerprint density at radius 1 is 1.27 bits per heavy atom. The molecule has 2 heterocycles. The highest BCUT2D eigenvalue weighted by atomic mass is 16.5. The Morgan fingerprint density at radius 2 is 2.18 bits per heavy atom. The molecule has 7 heteroatoms. The number of hydrogen-bond donors (Lipinski definition) is 1. The molecule has 0 amide bonds. The van der Waals surface area contributed by atoms with E-state index in [1.54, 1.807) is 42.7 Å². The first-order valence-corrected chi connectivity index (χ1v) is 6.50. The van der Waals surface area contributed by atoms with Crippen molar-refractivity contribution in [3.8, 4) is 29.0 Å². The summed E-state index contributed by atoms with van der Waals surface area (Å²) in [5.41, 5.74) is 7.78. The molecule has 0 aliphatic carbocycles. The Morgan fingerprint density at radius 3 is 3.00 bits per heavy atom. The topological polar surface area (TPSA) is 103 Å². The normalized spacial score (nSPS) is 10.1. The molecule has 0 saturated carbocycles. The van der Waals surface area contributed by atoms with Gasteiger partial charge in [-0.15, -0.1) is 0 Å². The predicted molar refractivity (Wildman–Crippen MR) is 79.8 cm³/mol. The number of nitrogens with two attached hydrogens (primary N) is 1. The second kappa shape index (κ2) is 5.93. The number of aromatic nitrogens is 4. The lowest BCUT2D eigenvalue weighted by molar-refractivity contribution is 0.462. The fourth-order valence-electron chi connectivity index (χ4n) is 1.91. The summed E-state index contributed by atoms with van der Waals surface area (Å²) in [7, 11) is 0. The molecular formula is C15H12N6O. The van der Waals surface area contributed by atoms with E-state index in [2.05, 4.69) is 15.1 Å². The molecule has 22 heavy (non-hydrogen) atoms. The van der Waals surface area contributed by atoms with E-state index in [4.69, 9.17) is 15.7 Å². The van der Waals surface area contributed by atoms with Gasteiger partial charge in [-0.3, -0.25) is 4.68 Å². The van der Waals surface area contributed by atoms with Gasteiger partial charge in [-0.2, -0.15) is 10.4 Å². The third-order valence-electron chi connectivity index (χ3n) is 2.88. The second-order valence-corrected chi connectivity index (χ2v) is 4.50. The van der Waals surface area contributed by atoms with Crippen LogP contribution in [0.1, 0.15) is 0 Å². The molecule has 0 spiro atoms. The quantitative estimate of drug-likeness (QED) is 0.740. The Kier molecular flexibility index (Phi) is 3.66. The van der Waals surface area contributed by atoms with Gasteiger partial charge in [-0.25, -0.2) is 9.97 Å². The predicted octanol–water partition coefficient (Wildman–Crippen LogP) is 2.24. The highest BCUT2D eigenvalue weighted by Gasteiger charge is 2.06. The number of rotatable bonds is 4. The fraction of sp³-hybridized carbons (Fsp3) is 0.0667. The zero-order valence-electron chi connectivity index (χ0n) is 11.5. The number of nitriles is 1. The maximum Gasteiger partial charge on any atom is 0.222 e. The number of hydrogen-bond acceptors (Lipinski definition) is 6. The SMILES string of the molecule is N#CCn1cc(-c2cc(Oc3cccc(N)c3)ncn2)cn1. The minimum Gasteiger partial charge on any atom is -0.439 e. The molecule has 0 aliphatic rings. The van der Waals surface area contributed by atoms with Gasteiger partial charge in [0.2, 0.25) is 5.88 Å². The van der Waals surface area contributed by atoms with Crippen LogP contribution in [0, 0.1) is 11.3 Å². The number of benzene rings is 1. The van der Waals surface area contributed by atoms with Crippen molar-refractivity contribution in [2.75, 3.05) is 5.73 Å². The van der Waals surface area contributed by atoms with Crippen LogP contribution in [0.4, 0.5) is 5.69 Å². The molecule has 0 radical (unpaired) electrons. The number of anilines is 1. The average Bonchev–Trinajstić information content (AvgIpc) is 2.97. The van der Waals surface area contributed by atoms with Gasteiger partial charge in [0, 0.05) is 29.6 Å². The molecule has 2 N–H and O–H groups in total. The van der Waals surface area contributed by atoms with Gasteiger partial charge >= 0.3 is 0 Å². The van der Waals surface area contributed by atoms with Crippen LogP contribution in [0.15, 0.2) is 49.1 Å². The molecule has 0 unspecified atom stereocenters. The van der Waals surface area contributed by atoms with Crippen LogP contribution in [-0.2, 0) is 6.54 Å². The summed E-state index contributed by atoms with van der Waals surface area (Å²) < 4.78 is 7.20. The summed E-state index contributed by atoms with van der Waals surface area (Å²) in [6, 6.07) is 10.8. The van der Waals surface area contributed by atoms with E-state index in [0.29, 0.717) is 23.0 Å². The summed E-state index contributed by atoms with van der Waals surface area (Å²) in [4.78, 5) is 8.27. The van der Waals surface area contributed by atoms with E-state index in [1.807, 2.05) is 6.07 Å². The van der Waals surface area contributed by atoms with E-state index >= 15 is 0 Å². The molecule has 7 nitrogen and oxygen atoms in total. The minimum absolute atomic E-state index is 0.192. The number of nitrogens with zero attached hydrogens (tertiary/aromatic N) is 5. The minimum atomic E-state index is 0.192. The number of nitrogen functional groups attached to an aromatic ring is 1. The van der Waals surface area contributed by atoms with Crippen molar-refractivity contribution in [1.29, 1.82) is 5.26 Å². The van der Waals surface area contributed by atoms with Gasteiger partial charge < -0.3 is 10.5 Å². The van der Waals surface area contributed by atoms with E-state index in [0.717, 1.165) is 5.56 Å². The number of ether oxygens (including phenoxy) is 1. The van der Waals surface area contributed by atoms with Crippen LogP contribution in [0.2, 0.25) is 0 Å². The molecule has 0 fully saturated rings. The second-order valence-electron chi connectivity index (χ2n) is 4.50. The highest BCUT2D eigenvalue weighted by molar-refractivity contribution is 5.58. The van der Waals surface area contributed by atoms with Crippen LogP contribution in [0.5, 0.6) is 11.6 Å². The fourth-order valence-corrected chi connectivity index (χ4v) is 1.91. The lowest BCUT2D eigenvalue weighted by Crippen LogP contribution is -1.94. The van der Waals surface area contributed by atoms with Crippen molar-refractivity contribution in [3.05, 3.63) is 49.1 Å². The molecule has 1 aromatic carbocycles. The summed E-state index contributed by atoms with van der Waals surface area (Å²) in [6.45, 7) is 0.192. The molecule has 3 aromatic rings. The molecule has 0 aliphatic heterocycles. The molecule has 0 bridgehead atoms. The summed E-state index contributed by atoms with van der Waals surface area (Å²) in [6.07, 6.45) is 4.80. The average molecular weight is 292 g/mol. The summed E-state index contributed by atoms with van der Waals surface area (Å²) in [5, 5.41) is 12.7. The standard InChI is InChI=1S/C15H12N6O/c16-4-5-21-9-11(8-20-21)14-7-15(19-10-18-14)22-13-3-1-2-12(17)6-13/h1-3,6-10H,5,17H2. The van der Waals surface area contributed by atoms with Crippen molar-refractivity contribution < 1.29 is 4.74 Å². The van der Waals surface area contributed by atoms with Crippen molar-refractivity contribution in [3.63, 3.8) is 0 Å². The molecular weight excluding hydrogens is 280 g/mol. The Hall–Kier alpha value is -3.40. The smallest absolute Gasteiger partial charge is 0.222 e. The summed E-state index contributed by atoms with van der Waals surface area (Å²) in [5.74, 6) is 1.01. The van der Waals surface area contributed by atoms with Crippen molar-refractivity contribution in [2.24, 2.45) is 0 Å². The maximum absolute atomic E-state index is 8.66. The van der Waals surface area contributed by atoms with Gasteiger partial charge in [-0.1, -0.05) is 6.07 Å². The zero-order valence-corrected chi connectivity index (χ0v) is 11.5. The lowest BCUT2D eigenvalue weighted by atomic mass is 10.2. The first kappa shape index (κ1) is 13.6.